The molecule has 22 heavy (non-hydrogen) atoms. The van der Waals surface area contributed by atoms with E-state index in [1.165, 1.54) is 4.90 Å². The monoisotopic (exact) mass is 311 g/mol. The molecule has 1 aromatic rings. The summed E-state index contributed by atoms with van der Waals surface area (Å²) in [5.41, 5.74) is -0.173. The first-order chi connectivity index (χ1) is 10.4. The second kappa shape index (κ2) is 5.07. The Kier molecular flexibility index (Phi) is 3.45. The van der Waals surface area contributed by atoms with Gasteiger partial charge in [-0.25, -0.2) is 13.6 Å². The minimum Gasteiger partial charge on any atom is -0.496 e. The number of urea groups is 1. The zero-order valence-corrected chi connectivity index (χ0v) is 12.6. The molecule has 1 aromatic heterocycles. The number of nitrogens with zero attached hydrogens (tertiary/aromatic N) is 2. The number of rotatable bonds is 3. The molecule has 0 bridgehead atoms. The van der Waals surface area contributed by atoms with Gasteiger partial charge in [-0.2, -0.15) is 0 Å². The van der Waals surface area contributed by atoms with Gasteiger partial charge in [-0.3, -0.25) is 4.98 Å². The number of pyridine rings is 1. The fraction of sp³-hybridized carbons (Fsp3) is 0.600. The van der Waals surface area contributed by atoms with Gasteiger partial charge in [-0.05, 0) is 12.5 Å². The average Bonchev–Trinajstić information content (AvgIpc) is 2.97. The normalized spacial score (nSPS) is 28.7. The zero-order chi connectivity index (χ0) is 16.0. The van der Waals surface area contributed by atoms with Crippen LogP contribution < -0.4 is 10.1 Å². The number of hydrogen-bond acceptors (Lipinski definition) is 3. The summed E-state index contributed by atoms with van der Waals surface area (Å²) in [6.45, 7) is 2.33. The third-order valence-corrected chi connectivity index (χ3v) is 4.98. The third kappa shape index (κ3) is 2.19. The Morgan fingerprint density at radius 2 is 2.36 bits per heavy atom. The van der Waals surface area contributed by atoms with E-state index in [0.29, 0.717) is 18.7 Å². The summed E-state index contributed by atoms with van der Waals surface area (Å²) in [5.74, 6) is -2.73. The van der Waals surface area contributed by atoms with Crippen molar-refractivity contribution in [3.8, 4) is 5.75 Å². The molecule has 0 aromatic carbocycles. The number of halogens is 2. The molecule has 7 heteroatoms. The number of carbonyl (C=O) groups excluding carboxylic acids is 1. The number of nitrogens with one attached hydrogen (secondary N) is 1. The quantitative estimate of drug-likeness (QED) is 0.932. The van der Waals surface area contributed by atoms with Crippen LogP contribution in [-0.4, -0.2) is 42.0 Å². The summed E-state index contributed by atoms with van der Waals surface area (Å²) in [6, 6.07) is 1.38. The van der Waals surface area contributed by atoms with Crippen molar-refractivity contribution in [2.24, 2.45) is 11.3 Å². The lowest BCUT2D eigenvalue weighted by Crippen LogP contribution is -2.44. The molecule has 2 unspecified atom stereocenters. The summed E-state index contributed by atoms with van der Waals surface area (Å²) in [5, 5.41) is 2.74. The van der Waals surface area contributed by atoms with Gasteiger partial charge in [0, 0.05) is 43.0 Å². The van der Waals surface area contributed by atoms with Crippen molar-refractivity contribution in [2.45, 2.75) is 25.8 Å². The fourth-order valence-corrected chi connectivity index (χ4v) is 3.22. The molecule has 120 valence electrons. The Morgan fingerprint density at radius 1 is 1.59 bits per heavy atom. The molecule has 0 radical (unpaired) electrons. The number of ether oxygens (including phenoxy) is 1. The lowest BCUT2D eigenvalue weighted by Gasteiger charge is -2.28. The van der Waals surface area contributed by atoms with Gasteiger partial charge in [0.25, 0.3) is 5.92 Å². The lowest BCUT2D eigenvalue weighted by atomic mass is 9.98. The van der Waals surface area contributed by atoms with E-state index in [-0.39, 0.29) is 19.1 Å². The van der Waals surface area contributed by atoms with E-state index >= 15 is 0 Å². The van der Waals surface area contributed by atoms with E-state index in [1.807, 2.05) is 0 Å². The Hall–Kier alpha value is -1.92. The van der Waals surface area contributed by atoms with Crippen LogP contribution in [0, 0.1) is 11.3 Å². The predicted molar refractivity (Wildman–Crippen MR) is 75.8 cm³/mol. The van der Waals surface area contributed by atoms with Crippen LogP contribution in [0.1, 0.15) is 18.9 Å². The number of methoxy groups -OCH3 is 1. The van der Waals surface area contributed by atoms with E-state index in [1.54, 1.807) is 32.5 Å². The molecule has 1 N–H and O–H groups in total. The lowest BCUT2D eigenvalue weighted by molar-refractivity contribution is 0.0636. The van der Waals surface area contributed by atoms with Crippen LogP contribution >= 0.6 is 0 Å². The van der Waals surface area contributed by atoms with Crippen molar-refractivity contribution in [1.82, 2.24) is 15.2 Å². The van der Waals surface area contributed by atoms with Gasteiger partial charge in [-0.15, -0.1) is 0 Å². The van der Waals surface area contributed by atoms with Crippen molar-refractivity contribution >= 4 is 6.03 Å². The first-order valence-electron chi connectivity index (χ1n) is 7.27. The van der Waals surface area contributed by atoms with Gasteiger partial charge in [0.1, 0.15) is 5.75 Å². The summed E-state index contributed by atoms with van der Waals surface area (Å²) in [7, 11) is 1.54. The van der Waals surface area contributed by atoms with Crippen molar-refractivity contribution in [3.63, 3.8) is 0 Å². The summed E-state index contributed by atoms with van der Waals surface area (Å²) >= 11 is 0. The molecule has 1 aliphatic carbocycles. The number of amides is 2. The SMILES string of the molecule is COc1ccncc1CNC(=O)N1CCC2(C)C(C1)C2(F)F. The molecule has 1 saturated heterocycles. The molecular formula is C15H19F2N3O2. The predicted octanol–water partition coefficient (Wildman–Crippen LogP) is 2.28. The van der Waals surface area contributed by atoms with Crippen LogP contribution in [0.2, 0.25) is 0 Å². The van der Waals surface area contributed by atoms with E-state index in [0.717, 1.165) is 5.56 Å². The van der Waals surface area contributed by atoms with Crippen LogP contribution in [0.3, 0.4) is 0 Å². The van der Waals surface area contributed by atoms with Gasteiger partial charge >= 0.3 is 6.03 Å². The molecular weight excluding hydrogens is 292 g/mol. The zero-order valence-electron chi connectivity index (χ0n) is 12.6. The van der Waals surface area contributed by atoms with Crippen LogP contribution in [0.15, 0.2) is 18.5 Å². The minimum absolute atomic E-state index is 0.111. The van der Waals surface area contributed by atoms with Crippen molar-refractivity contribution in [1.29, 1.82) is 0 Å². The Morgan fingerprint density at radius 3 is 3.05 bits per heavy atom. The van der Waals surface area contributed by atoms with Crippen LogP contribution in [-0.2, 0) is 6.54 Å². The summed E-state index contributed by atoms with van der Waals surface area (Å²) in [4.78, 5) is 17.6. The molecule has 2 atom stereocenters. The average molecular weight is 311 g/mol. The second-order valence-electron chi connectivity index (χ2n) is 6.14. The molecule has 2 heterocycles. The molecule has 0 spiro atoms. The topological polar surface area (TPSA) is 54.5 Å². The van der Waals surface area contributed by atoms with Gasteiger partial charge in [0.15, 0.2) is 0 Å². The molecule has 2 fully saturated rings. The maximum absolute atomic E-state index is 13.7. The van der Waals surface area contributed by atoms with Crippen molar-refractivity contribution < 1.29 is 18.3 Å². The molecule has 5 nitrogen and oxygen atoms in total. The van der Waals surface area contributed by atoms with Gasteiger partial charge in [0.2, 0.25) is 0 Å². The maximum atomic E-state index is 13.7. The number of piperidine rings is 1. The first-order valence-corrected chi connectivity index (χ1v) is 7.27. The first kappa shape index (κ1) is 15.0. The standard InChI is InChI=1S/C15H19F2N3O2/c1-14-4-6-20(9-12(14)15(14,16)17)13(21)19-8-10-7-18-5-3-11(10)22-2/h3,5,7,12H,4,6,8-9H2,1-2H3,(H,19,21). The number of hydrogen-bond donors (Lipinski definition) is 1. The number of carbonyl (C=O) groups is 1. The van der Waals surface area contributed by atoms with E-state index in [9.17, 15) is 13.6 Å². The van der Waals surface area contributed by atoms with Gasteiger partial charge in [-0.1, -0.05) is 6.92 Å². The van der Waals surface area contributed by atoms with Crippen molar-refractivity contribution in [2.75, 3.05) is 20.2 Å². The van der Waals surface area contributed by atoms with E-state index < -0.39 is 17.3 Å². The van der Waals surface area contributed by atoms with Crippen LogP contribution in [0.5, 0.6) is 5.75 Å². The maximum Gasteiger partial charge on any atom is 0.317 e. The van der Waals surface area contributed by atoms with Gasteiger partial charge < -0.3 is 15.0 Å². The smallest absolute Gasteiger partial charge is 0.317 e. The highest BCUT2D eigenvalue weighted by Crippen LogP contribution is 2.69. The molecule has 1 aliphatic heterocycles. The molecule has 2 aliphatic rings. The molecule has 1 saturated carbocycles. The summed E-state index contributed by atoms with van der Waals surface area (Å²) in [6.07, 6.45) is 3.56. The fourth-order valence-electron chi connectivity index (χ4n) is 3.22. The number of fused-ring (bicyclic) bond motifs is 1. The second-order valence-corrected chi connectivity index (χ2v) is 6.14. The Balaban J connectivity index is 1.57. The van der Waals surface area contributed by atoms with Crippen molar-refractivity contribution in [3.05, 3.63) is 24.0 Å². The highest BCUT2D eigenvalue weighted by Gasteiger charge is 2.78. The highest BCUT2D eigenvalue weighted by atomic mass is 19.3. The Bertz CT molecular complexity index is 596. The third-order valence-electron chi connectivity index (χ3n) is 4.98. The highest BCUT2D eigenvalue weighted by molar-refractivity contribution is 5.74. The van der Waals surface area contributed by atoms with Crippen LogP contribution in [0.25, 0.3) is 0 Å². The Labute approximate surface area is 127 Å². The number of likely N-dealkylation sites (tertiary alicyclic amines) is 1. The molecule has 3 rings (SSSR count). The minimum atomic E-state index is -2.64. The number of alkyl halides is 2. The van der Waals surface area contributed by atoms with Crippen LogP contribution in [0.4, 0.5) is 13.6 Å². The largest absolute Gasteiger partial charge is 0.496 e. The number of aromatic nitrogens is 1. The molecule has 2 amide bonds. The van der Waals surface area contributed by atoms with Gasteiger partial charge in [0.05, 0.1) is 13.0 Å². The van der Waals surface area contributed by atoms with E-state index in [2.05, 4.69) is 10.3 Å². The van der Waals surface area contributed by atoms with E-state index in [4.69, 9.17) is 4.74 Å². The summed E-state index contributed by atoms with van der Waals surface area (Å²) < 4.78 is 32.6.